The molecule has 0 aliphatic heterocycles. The first-order chi connectivity index (χ1) is 9.34. The Bertz CT molecular complexity index is 695. The Kier molecular flexibility index (Phi) is 3.91. The molecule has 2 aromatic rings. The molecule has 106 valence electrons. The summed E-state index contributed by atoms with van der Waals surface area (Å²) in [5.74, 6) is -0.669. The molecule has 0 saturated heterocycles. The first kappa shape index (κ1) is 14.3. The SMILES string of the molecule is NS(=O)(=O)c1ccc(NCc2cc(O)cc(F)c2)cc1. The van der Waals surface area contributed by atoms with Gasteiger partial charge in [-0.2, -0.15) is 0 Å². The van der Waals surface area contributed by atoms with Gasteiger partial charge in [0.15, 0.2) is 0 Å². The quantitative estimate of drug-likeness (QED) is 0.802. The number of primary sulfonamides is 1. The third kappa shape index (κ3) is 3.69. The van der Waals surface area contributed by atoms with Gasteiger partial charge in [-0.25, -0.2) is 17.9 Å². The summed E-state index contributed by atoms with van der Waals surface area (Å²) in [7, 11) is -3.71. The molecule has 5 nitrogen and oxygen atoms in total. The van der Waals surface area contributed by atoms with Gasteiger partial charge in [-0.3, -0.25) is 0 Å². The maximum absolute atomic E-state index is 13.1. The zero-order valence-electron chi connectivity index (χ0n) is 10.4. The molecular weight excluding hydrogens is 283 g/mol. The van der Waals surface area contributed by atoms with E-state index in [4.69, 9.17) is 5.14 Å². The van der Waals surface area contributed by atoms with Crippen molar-refractivity contribution in [2.45, 2.75) is 11.4 Å². The molecule has 0 bridgehead atoms. The van der Waals surface area contributed by atoms with Crippen LogP contribution in [0, 0.1) is 5.82 Å². The molecule has 0 aromatic heterocycles. The minimum absolute atomic E-state index is 0.0199. The fourth-order valence-electron chi connectivity index (χ4n) is 1.70. The van der Waals surface area contributed by atoms with Crippen LogP contribution in [0.15, 0.2) is 47.4 Å². The number of benzene rings is 2. The normalized spacial score (nSPS) is 11.3. The van der Waals surface area contributed by atoms with Crippen LogP contribution in [0.5, 0.6) is 5.75 Å². The number of phenolic OH excluding ortho intramolecular Hbond substituents is 1. The zero-order valence-corrected chi connectivity index (χ0v) is 11.2. The van der Waals surface area contributed by atoms with Crippen molar-refractivity contribution < 1.29 is 17.9 Å². The first-order valence-corrected chi connectivity index (χ1v) is 7.24. The van der Waals surface area contributed by atoms with Gasteiger partial charge in [0.2, 0.25) is 10.0 Å². The summed E-state index contributed by atoms with van der Waals surface area (Å²) in [5.41, 5.74) is 1.22. The average molecular weight is 296 g/mol. The maximum Gasteiger partial charge on any atom is 0.238 e. The average Bonchev–Trinajstić information content (AvgIpc) is 2.35. The molecule has 0 heterocycles. The molecule has 7 heteroatoms. The molecule has 0 aliphatic rings. The fourth-order valence-corrected chi connectivity index (χ4v) is 2.22. The Balaban J connectivity index is 2.07. The fraction of sp³-hybridized carbons (Fsp3) is 0.0769. The van der Waals surface area contributed by atoms with Crippen LogP contribution in [0.25, 0.3) is 0 Å². The Morgan fingerprint density at radius 3 is 2.35 bits per heavy atom. The van der Waals surface area contributed by atoms with Crippen LogP contribution in [0.4, 0.5) is 10.1 Å². The number of sulfonamides is 1. The highest BCUT2D eigenvalue weighted by atomic mass is 32.2. The van der Waals surface area contributed by atoms with E-state index in [2.05, 4.69) is 5.32 Å². The van der Waals surface area contributed by atoms with Gasteiger partial charge in [-0.1, -0.05) is 0 Å². The van der Waals surface area contributed by atoms with E-state index in [1.54, 1.807) is 12.1 Å². The lowest BCUT2D eigenvalue weighted by Crippen LogP contribution is -2.12. The van der Waals surface area contributed by atoms with Gasteiger partial charge in [0.05, 0.1) is 4.90 Å². The van der Waals surface area contributed by atoms with E-state index < -0.39 is 15.8 Å². The number of phenols is 1. The predicted molar refractivity (Wildman–Crippen MR) is 73.2 cm³/mol. The summed E-state index contributed by atoms with van der Waals surface area (Å²) in [6.45, 7) is 0.292. The molecule has 2 rings (SSSR count). The summed E-state index contributed by atoms with van der Waals surface area (Å²) in [4.78, 5) is 0.0199. The Hall–Kier alpha value is -2.12. The largest absolute Gasteiger partial charge is 0.508 e. The Morgan fingerprint density at radius 1 is 1.15 bits per heavy atom. The van der Waals surface area contributed by atoms with Crippen LogP contribution in [0.3, 0.4) is 0 Å². The summed E-state index contributed by atoms with van der Waals surface area (Å²) in [6.07, 6.45) is 0. The minimum atomic E-state index is -3.71. The summed E-state index contributed by atoms with van der Waals surface area (Å²) < 4.78 is 35.2. The number of halogens is 1. The molecule has 4 N–H and O–H groups in total. The van der Waals surface area contributed by atoms with E-state index in [9.17, 15) is 17.9 Å². The molecular formula is C13H13FN2O3S. The number of hydrogen-bond donors (Lipinski definition) is 3. The van der Waals surface area contributed by atoms with Crippen LogP contribution in [0.1, 0.15) is 5.56 Å². The number of anilines is 1. The van der Waals surface area contributed by atoms with Crippen molar-refractivity contribution in [3.05, 3.63) is 53.8 Å². The highest BCUT2D eigenvalue weighted by Gasteiger charge is 2.06. The smallest absolute Gasteiger partial charge is 0.238 e. The third-order valence-electron chi connectivity index (χ3n) is 2.62. The maximum atomic E-state index is 13.1. The summed E-state index contributed by atoms with van der Waals surface area (Å²) in [6, 6.07) is 9.61. The van der Waals surface area contributed by atoms with Gasteiger partial charge < -0.3 is 10.4 Å². The van der Waals surface area contributed by atoms with Crippen molar-refractivity contribution in [2.75, 3.05) is 5.32 Å². The molecule has 2 aromatic carbocycles. The number of nitrogens with two attached hydrogens (primary N) is 1. The van der Waals surface area contributed by atoms with Gasteiger partial charge in [-0.15, -0.1) is 0 Å². The minimum Gasteiger partial charge on any atom is -0.508 e. The lowest BCUT2D eigenvalue weighted by Gasteiger charge is -2.08. The van der Waals surface area contributed by atoms with Gasteiger partial charge in [0, 0.05) is 18.3 Å². The van der Waals surface area contributed by atoms with Crippen molar-refractivity contribution in [3.8, 4) is 5.75 Å². The van der Waals surface area contributed by atoms with E-state index >= 15 is 0 Å². The molecule has 0 saturated carbocycles. The molecule has 0 amide bonds. The number of aromatic hydroxyl groups is 1. The molecule has 0 unspecified atom stereocenters. The van der Waals surface area contributed by atoms with Gasteiger partial charge in [0.25, 0.3) is 0 Å². The topological polar surface area (TPSA) is 92.4 Å². The van der Waals surface area contributed by atoms with E-state index in [0.29, 0.717) is 17.8 Å². The van der Waals surface area contributed by atoms with E-state index in [0.717, 1.165) is 6.07 Å². The highest BCUT2D eigenvalue weighted by molar-refractivity contribution is 7.89. The second-order valence-corrected chi connectivity index (χ2v) is 5.80. The van der Waals surface area contributed by atoms with Crippen molar-refractivity contribution in [1.82, 2.24) is 0 Å². The molecule has 0 fully saturated rings. The third-order valence-corrected chi connectivity index (χ3v) is 3.55. The van der Waals surface area contributed by atoms with Crippen molar-refractivity contribution in [2.24, 2.45) is 5.14 Å². The van der Waals surface area contributed by atoms with Crippen molar-refractivity contribution >= 4 is 15.7 Å². The van der Waals surface area contributed by atoms with E-state index in [1.807, 2.05) is 0 Å². The molecule has 0 spiro atoms. The Labute approximate surface area is 115 Å². The highest BCUT2D eigenvalue weighted by Crippen LogP contribution is 2.17. The zero-order chi connectivity index (χ0) is 14.8. The molecule has 0 aliphatic carbocycles. The number of nitrogens with one attached hydrogen (secondary N) is 1. The van der Waals surface area contributed by atoms with Gasteiger partial charge in [0.1, 0.15) is 11.6 Å². The predicted octanol–water partition coefficient (Wildman–Crippen LogP) is 1.79. The van der Waals surface area contributed by atoms with Gasteiger partial charge in [-0.05, 0) is 42.0 Å². The first-order valence-electron chi connectivity index (χ1n) is 5.70. The molecule has 0 atom stereocenters. The second kappa shape index (κ2) is 5.48. The number of rotatable bonds is 4. The second-order valence-electron chi connectivity index (χ2n) is 4.24. The van der Waals surface area contributed by atoms with Crippen molar-refractivity contribution in [3.63, 3.8) is 0 Å². The lowest BCUT2D eigenvalue weighted by atomic mass is 10.2. The standard InChI is InChI=1S/C13H13FN2O3S/c14-10-5-9(6-12(17)7-10)8-16-11-1-3-13(4-2-11)20(15,18)19/h1-7,16-17H,8H2,(H2,15,18,19). The van der Waals surface area contributed by atoms with Crippen molar-refractivity contribution in [1.29, 1.82) is 0 Å². The Morgan fingerprint density at radius 2 is 1.80 bits per heavy atom. The van der Waals surface area contributed by atoms with Crippen LogP contribution in [0.2, 0.25) is 0 Å². The lowest BCUT2D eigenvalue weighted by molar-refractivity contribution is 0.468. The van der Waals surface area contributed by atoms with Crippen LogP contribution < -0.4 is 10.5 Å². The summed E-state index contributed by atoms with van der Waals surface area (Å²) in [5, 5.41) is 17.2. The van der Waals surface area contributed by atoms with Crippen LogP contribution in [-0.4, -0.2) is 13.5 Å². The van der Waals surface area contributed by atoms with E-state index in [1.165, 1.54) is 24.3 Å². The van der Waals surface area contributed by atoms with E-state index in [-0.39, 0.29) is 10.6 Å². The molecule has 0 radical (unpaired) electrons. The molecule has 20 heavy (non-hydrogen) atoms. The number of hydrogen-bond acceptors (Lipinski definition) is 4. The van der Waals surface area contributed by atoms with Crippen LogP contribution in [-0.2, 0) is 16.6 Å². The monoisotopic (exact) mass is 296 g/mol. The van der Waals surface area contributed by atoms with Crippen LogP contribution >= 0.6 is 0 Å². The van der Waals surface area contributed by atoms with Gasteiger partial charge >= 0.3 is 0 Å². The summed E-state index contributed by atoms with van der Waals surface area (Å²) >= 11 is 0.